The smallest absolute Gasteiger partial charge is 0.0900 e. The number of hydrogen-bond acceptors (Lipinski definition) is 5. The topological polar surface area (TPSA) is 39.2 Å². The number of likely N-dealkylation sites (N-methyl/N-ethyl adjacent to an activating group) is 1. The first-order chi connectivity index (χ1) is 10.8. The minimum atomic E-state index is -0.384. The van der Waals surface area contributed by atoms with Crippen LogP contribution in [0.4, 0.5) is 0 Å². The summed E-state index contributed by atoms with van der Waals surface area (Å²) in [6.45, 7) is 14.1. The van der Waals surface area contributed by atoms with Crippen molar-refractivity contribution in [2.75, 3.05) is 59.5 Å². The molecule has 5 heteroatoms. The predicted molar refractivity (Wildman–Crippen MR) is 94.9 cm³/mol. The van der Waals surface area contributed by atoms with E-state index in [2.05, 4.69) is 21.7 Å². The van der Waals surface area contributed by atoms with Gasteiger partial charge in [-0.3, -0.25) is 9.80 Å². The third-order valence-electron chi connectivity index (χ3n) is 5.03. The molecule has 0 amide bonds. The fourth-order valence-electron chi connectivity index (χ4n) is 3.52. The molecule has 0 aromatic carbocycles. The van der Waals surface area contributed by atoms with E-state index >= 15 is 0 Å². The lowest BCUT2D eigenvalue weighted by Crippen LogP contribution is -2.53. The van der Waals surface area contributed by atoms with Gasteiger partial charge in [-0.2, -0.15) is 0 Å². The van der Waals surface area contributed by atoms with Gasteiger partial charge in [0.1, 0.15) is 0 Å². The molecule has 0 aromatic rings. The molecule has 0 saturated carbocycles. The van der Waals surface area contributed by atoms with Gasteiger partial charge in [-0.1, -0.05) is 6.42 Å². The third kappa shape index (κ3) is 7.06. The van der Waals surface area contributed by atoms with Gasteiger partial charge in [-0.05, 0) is 47.2 Å². The number of ether oxygens (including phenoxy) is 1. The molecule has 2 aliphatic heterocycles. The molecule has 0 aliphatic carbocycles. The summed E-state index contributed by atoms with van der Waals surface area (Å²) in [5, 5.41) is 10.1. The Hall–Kier alpha value is -0.200. The predicted octanol–water partition coefficient (Wildman–Crippen LogP) is 1.26. The molecule has 2 saturated heterocycles. The van der Waals surface area contributed by atoms with Gasteiger partial charge in [0.05, 0.1) is 18.3 Å². The van der Waals surface area contributed by atoms with E-state index < -0.39 is 0 Å². The van der Waals surface area contributed by atoms with Crippen molar-refractivity contribution in [2.45, 2.75) is 57.8 Å². The molecule has 2 heterocycles. The van der Waals surface area contributed by atoms with Gasteiger partial charge in [0.2, 0.25) is 0 Å². The Morgan fingerprint density at radius 3 is 2.30 bits per heavy atom. The number of piperidine rings is 1. The second-order valence-corrected chi connectivity index (χ2v) is 8.31. The molecule has 1 N–H and O–H groups in total. The number of aliphatic hydroxyl groups excluding tert-OH is 1. The van der Waals surface area contributed by atoms with Gasteiger partial charge in [0.25, 0.3) is 0 Å². The Labute approximate surface area is 142 Å². The lowest BCUT2D eigenvalue weighted by molar-refractivity contribution is -0.0589. The Morgan fingerprint density at radius 2 is 1.70 bits per heavy atom. The molecule has 136 valence electrons. The van der Waals surface area contributed by atoms with Crippen molar-refractivity contribution in [1.29, 1.82) is 0 Å². The van der Waals surface area contributed by atoms with Gasteiger partial charge in [-0.15, -0.1) is 0 Å². The van der Waals surface area contributed by atoms with Crippen LogP contribution in [-0.4, -0.2) is 97.0 Å². The number of piperazine rings is 1. The van der Waals surface area contributed by atoms with Crippen molar-refractivity contribution in [3.05, 3.63) is 0 Å². The molecule has 0 radical (unpaired) electrons. The van der Waals surface area contributed by atoms with Crippen molar-refractivity contribution in [3.63, 3.8) is 0 Å². The zero-order chi connectivity index (χ0) is 16.9. The van der Waals surface area contributed by atoms with Gasteiger partial charge in [0.15, 0.2) is 0 Å². The van der Waals surface area contributed by atoms with Crippen LogP contribution in [0.25, 0.3) is 0 Å². The Bertz CT molecular complexity index is 338. The summed E-state index contributed by atoms with van der Waals surface area (Å²) in [4.78, 5) is 7.50. The van der Waals surface area contributed by atoms with Gasteiger partial charge >= 0.3 is 0 Å². The molecule has 0 spiro atoms. The average molecular weight is 328 g/mol. The molecule has 2 aliphatic rings. The molecule has 5 nitrogen and oxygen atoms in total. The highest BCUT2D eigenvalue weighted by molar-refractivity contribution is 4.81. The molecule has 0 unspecified atom stereocenters. The van der Waals surface area contributed by atoms with E-state index in [1.807, 2.05) is 20.8 Å². The van der Waals surface area contributed by atoms with Gasteiger partial charge in [0, 0.05) is 45.3 Å². The molecule has 0 bridgehead atoms. The summed E-state index contributed by atoms with van der Waals surface area (Å²) in [6.07, 6.45) is 3.70. The van der Waals surface area contributed by atoms with Gasteiger partial charge < -0.3 is 14.7 Å². The van der Waals surface area contributed by atoms with E-state index in [9.17, 15) is 5.11 Å². The average Bonchev–Trinajstić information content (AvgIpc) is 2.49. The fourth-order valence-corrected chi connectivity index (χ4v) is 3.52. The first kappa shape index (κ1) is 19.1. The second-order valence-electron chi connectivity index (χ2n) is 8.31. The van der Waals surface area contributed by atoms with Gasteiger partial charge in [-0.25, -0.2) is 0 Å². The first-order valence-electron chi connectivity index (χ1n) is 9.30. The summed E-state index contributed by atoms with van der Waals surface area (Å²) < 4.78 is 5.67. The summed E-state index contributed by atoms with van der Waals surface area (Å²) in [6, 6.07) is 0.737. The maximum absolute atomic E-state index is 10.1. The van der Waals surface area contributed by atoms with Crippen LogP contribution < -0.4 is 0 Å². The number of hydrogen-bond donors (Lipinski definition) is 1. The highest BCUT2D eigenvalue weighted by atomic mass is 16.5. The number of nitrogens with zero attached hydrogens (tertiary/aromatic N) is 3. The van der Waals surface area contributed by atoms with Crippen LogP contribution in [0.3, 0.4) is 0 Å². The first-order valence-corrected chi connectivity index (χ1v) is 9.30. The highest BCUT2D eigenvalue weighted by Gasteiger charge is 2.25. The van der Waals surface area contributed by atoms with Crippen LogP contribution in [-0.2, 0) is 4.74 Å². The highest BCUT2D eigenvalue weighted by Crippen LogP contribution is 2.17. The maximum atomic E-state index is 10.1. The minimum absolute atomic E-state index is 0.175. The molecule has 2 fully saturated rings. The second kappa shape index (κ2) is 8.77. The number of β-amino-alcohol motifs (C(OH)–C–C–N with tert-alkyl or cyclic N) is 1. The van der Waals surface area contributed by atoms with Crippen LogP contribution >= 0.6 is 0 Å². The Kier molecular flexibility index (Phi) is 7.29. The Morgan fingerprint density at radius 1 is 1.04 bits per heavy atom. The van der Waals surface area contributed by atoms with E-state index in [1.54, 1.807) is 0 Å². The minimum Gasteiger partial charge on any atom is -0.389 e. The van der Waals surface area contributed by atoms with E-state index in [0.29, 0.717) is 6.61 Å². The van der Waals surface area contributed by atoms with E-state index in [-0.39, 0.29) is 11.7 Å². The van der Waals surface area contributed by atoms with E-state index in [1.165, 1.54) is 32.4 Å². The van der Waals surface area contributed by atoms with Crippen molar-refractivity contribution >= 4 is 0 Å². The number of aliphatic hydroxyl groups is 1. The molecule has 2 atom stereocenters. The monoisotopic (exact) mass is 327 g/mol. The molecular formula is C18H37N3O2. The molecule has 23 heavy (non-hydrogen) atoms. The van der Waals surface area contributed by atoms with Crippen molar-refractivity contribution in [3.8, 4) is 0 Å². The quantitative estimate of drug-likeness (QED) is 0.795. The van der Waals surface area contributed by atoms with Crippen molar-refractivity contribution < 1.29 is 9.84 Å². The zero-order valence-electron chi connectivity index (χ0n) is 15.6. The van der Waals surface area contributed by atoms with Crippen LogP contribution in [0.1, 0.15) is 40.0 Å². The molecule has 2 rings (SSSR count). The fraction of sp³-hybridized carbons (Fsp3) is 1.00. The standard InChI is InChI=1S/C18H37N3O2/c1-18(2,3)23-15-17(22)14-21-11-9-20(10-12-21)13-16-7-5-6-8-19(16)4/h16-17,22H,5-15H2,1-4H3/t16-,17-/m1/s1. The number of likely N-dealkylation sites (tertiary alicyclic amines) is 1. The van der Waals surface area contributed by atoms with Crippen LogP contribution in [0.5, 0.6) is 0 Å². The summed E-state index contributed by atoms with van der Waals surface area (Å²) in [5.41, 5.74) is -0.175. The zero-order valence-corrected chi connectivity index (χ0v) is 15.6. The van der Waals surface area contributed by atoms with Crippen LogP contribution in [0.2, 0.25) is 0 Å². The summed E-state index contributed by atoms with van der Waals surface area (Å²) >= 11 is 0. The van der Waals surface area contributed by atoms with E-state index in [4.69, 9.17) is 4.74 Å². The SMILES string of the molecule is CN1CCCC[C@@H]1CN1CCN(C[C@@H](O)COC(C)(C)C)CC1. The Balaban J connectivity index is 1.63. The summed E-state index contributed by atoms with van der Waals surface area (Å²) in [5.74, 6) is 0. The lowest BCUT2D eigenvalue weighted by atomic mass is 10.0. The third-order valence-corrected chi connectivity index (χ3v) is 5.03. The normalized spacial score (nSPS) is 27.3. The lowest BCUT2D eigenvalue weighted by Gasteiger charge is -2.40. The molecule has 0 aromatic heterocycles. The molecular weight excluding hydrogens is 290 g/mol. The van der Waals surface area contributed by atoms with Crippen molar-refractivity contribution in [2.24, 2.45) is 0 Å². The van der Waals surface area contributed by atoms with Crippen LogP contribution in [0, 0.1) is 0 Å². The maximum Gasteiger partial charge on any atom is 0.0900 e. The largest absolute Gasteiger partial charge is 0.389 e. The van der Waals surface area contributed by atoms with Crippen LogP contribution in [0.15, 0.2) is 0 Å². The van der Waals surface area contributed by atoms with E-state index in [0.717, 1.165) is 38.8 Å². The number of rotatable bonds is 6. The summed E-state index contributed by atoms with van der Waals surface area (Å²) in [7, 11) is 2.27. The van der Waals surface area contributed by atoms with Crippen molar-refractivity contribution in [1.82, 2.24) is 14.7 Å².